The van der Waals surface area contributed by atoms with Crippen molar-refractivity contribution in [3.63, 3.8) is 0 Å². The van der Waals surface area contributed by atoms with Crippen molar-refractivity contribution in [3.05, 3.63) is 16.7 Å². The Bertz CT molecular complexity index is 452. The lowest BCUT2D eigenvalue weighted by atomic mass is 9.63. The zero-order valence-electron chi connectivity index (χ0n) is 12.3. The largest absolute Gasteiger partial charge is 0.397 e. The molecule has 1 aliphatic carbocycles. The summed E-state index contributed by atoms with van der Waals surface area (Å²) >= 11 is 3.53. The van der Waals surface area contributed by atoms with Gasteiger partial charge in [0.2, 0.25) is 0 Å². The van der Waals surface area contributed by atoms with Crippen molar-refractivity contribution in [2.24, 2.45) is 10.8 Å². The zero-order chi connectivity index (χ0) is 14.3. The van der Waals surface area contributed by atoms with Gasteiger partial charge in [-0.3, -0.25) is 0 Å². The lowest BCUT2D eigenvalue weighted by Crippen LogP contribution is -2.40. The molecular weight excluding hydrogens is 302 g/mol. The first-order valence-corrected chi connectivity index (χ1v) is 7.64. The molecule has 1 aliphatic rings. The number of rotatable bonds is 2. The lowest BCUT2D eigenvalue weighted by molar-refractivity contribution is 0.105. The summed E-state index contributed by atoms with van der Waals surface area (Å²) < 4.78 is 0.939. The fraction of sp³-hybridized carbons (Fsp3) is 0.667. The second-order valence-corrected chi connectivity index (χ2v) is 8.21. The zero-order valence-corrected chi connectivity index (χ0v) is 13.8. The molecule has 4 heteroatoms. The van der Waals surface area contributed by atoms with Crippen molar-refractivity contribution in [2.75, 3.05) is 11.1 Å². The fourth-order valence-electron chi connectivity index (χ4n) is 3.70. The summed E-state index contributed by atoms with van der Waals surface area (Å²) in [5.74, 6) is 0.896. The van der Waals surface area contributed by atoms with E-state index >= 15 is 0 Å². The molecule has 0 radical (unpaired) electrons. The molecule has 0 aromatic carbocycles. The van der Waals surface area contributed by atoms with Gasteiger partial charge in [-0.25, -0.2) is 4.98 Å². The first-order chi connectivity index (χ1) is 8.67. The first-order valence-electron chi connectivity index (χ1n) is 6.84. The molecule has 0 bridgehead atoms. The van der Waals surface area contributed by atoms with Gasteiger partial charge in [0.05, 0.1) is 16.4 Å². The number of nitrogens with one attached hydrogen (secondary N) is 1. The van der Waals surface area contributed by atoms with E-state index in [-0.39, 0.29) is 0 Å². The third-order valence-electron chi connectivity index (χ3n) is 3.76. The summed E-state index contributed by atoms with van der Waals surface area (Å²) in [6, 6.07) is 2.36. The molecule has 1 aromatic rings. The van der Waals surface area contributed by atoms with E-state index in [4.69, 9.17) is 5.73 Å². The normalized spacial score (nSPS) is 22.2. The molecule has 106 valence electrons. The van der Waals surface area contributed by atoms with Gasteiger partial charge in [-0.1, -0.05) is 27.7 Å². The molecule has 3 nitrogen and oxygen atoms in total. The monoisotopic (exact) mass is 325 g/mol. The predicted octanol–water partition coefficient (Wildman–Crippen LogP) is 4.44. The quantitative estimate of drug-likeness (QED) is 0.844. The molecule has 19 heavy (non-hydrogen) atoms. The summed E-state index contributed by atoms with van der Waals surface area (Å²) in [4.78, 5) is 4.38. The maximum Gasteiger partial charge on any atom is 0.140 e. The van der Waals surface area contributed by atoms with Gasteiger partial charge in [-0.15, -0.1) is 0 Å². The number of pyridine rings is 1. The van der Waals surface area contributed by atoms with Crippen LogP contribution in [-0.4, -0.2) is 11.0 Å². The van der Waals surface area contributed by atoms with Crippen molar-refractivity contribution in [2.45, 2.75) is 53.0 Å². The number of nitrogen functional groups attached to an aromatic ring is 1. The van der Waals surface area contributed by atoms with Crippen LogP contribution in [0.25, 0.3) is 0 Å². The predicted molar refractivity (Wildman–Crippen MR) is 85.2 cm³/mol. The highest BCUT2D eigenvalue weighted by atomic mass is 79.9. The molecule has 0 amide bonds. The molecule has 1 aromatic heterocycles. The molecule has 1 fully saturated rings. The Kier molecular flexibility index (Phi) is 3.83. The first kappa shape index (κ1) is 14.6. The van der Waals surface area contributed by atoms with Crippen LogP contribution < -0.4 is 11.1 Å². The van der Waals surface area contributed by atoms with Gasteiger partial charge >= 0.3 is 0 Å². The number of anilines is 2. The SMILES string of the molecule is CC1(C)CC(Nc2ncc(N)cc2Br)CC(C)(C)C1. The average Bonchev–Trinajstić information content (AvgIpc) is 2.17. The van der Waals surface area contributed by atoms with Gasteiger partial charge in [0.15, 0.2) is 0 Å². The van der Waals surface area contributed by atoms with E-state index in [1.54, 1.807) is 6.20 Å². The molecule has 0 spiro atoms. The van der Waals surface area contributed by atoms with Gasteiger partial charge in [0.25, 0.3) is 0 Å². The highest BCUT2D eigenvalue weighted by Crippen LogP contribution is 2.46. The van der Waals surface area contributed by atoms with E-state index in [0.29, 0.717) is 22.6 Å². The number of nitrogens with two attached hydrogens (primary N) is 1. The summed E-state index contributed by atoms with van der Waals surface area (Å²) in [6.45, 7) is 9.42. The molecule has 2 rings (SSSR count). The number of aromatic nitrogens is 1. The molecule has 3 N–H and O–H groups in total. The van der Waals surface area contributed by atoms with Crippen LogP contribution in [0.2, 0.25) is 0 Å². The van der Waals surface area contributed by atoms with E-state index < -0.39 is 0 Å². The van der Waals surface area contributed by atoms with Crippen molar-refractivity contribution < 1.29 is 0 Å². The maximum absolute atomic E-state index is 5.73. The van der Waals surface area contributed by atoms with Gasteiger partial charge in [0.1, 0.15) is 5.82 Å². The van der Waals surface area contributed by atoms with Crippen molar-refractivity contribution in [3.8, 4) is 0 Å². The van der Waals surface area contributed by atoms with Crippen LogP contribution in [0, 0.1) is 10.8 Å². The molecule has 0 unspecified atom stereocenters. The Morgan fingerprint density at radius 1 is 1.26 bits per heavy atom. The Morgan fingerprint density at radius 2 is 1.84 bits per heavy atom. The van der Waals surface area contributed by atoms with Crippen LogP contribution in [0.15, 0.2) is 16.7 Å². The van der Waals surface area contributed by atoms with Crippen LogP contribution in [-0.2, 0) is 0 Å². The van der Waals surface area contributed by atoms with E-state index in [9.17, 15) is 0 Å². The van der Waals surface area contributed by atoms with Crippen LogP contribution in [0.3, 0.4) is 0 Å². The molecular formula is C15H24BrN3. The second kappa shape index (κ2) is 4.97. The lowest BCUT2D eigenvalue weighted by Gasteiger charge is -2.45. The summed E-state index contributed by atoms with van der Waals surface area (Å²) in [5, 5.41) is 3.57. The molecule has 0 saturated heterocycles. The molecule has 1 heterocycles. The average molecular weight is 326 g/mol. The summed E-state index contributed by atoms with van der Waals surface area (Å²) in [6.07, 6.45) is 5.32. The van der Waals surface area contributed by atoms with E-state index in [1.807, 2.05) is 6.07 Å². The minimum absolute atomic E-state index is 0.375. The van der Waals surface area contributed by atoms with Gasteiger partial charge < -0.3 is 11.1 Å². The molecule has 0 aliphatic heterocycles. The number of halogens is 1. The van der Waals surface area contributed by atoms with Gasteiger partial charge in [-0.2, -0.15) is 0 Å². The van der Waals surface area contributed by atoms with Gasteiger partial charge in [0, 0.05) is 6.04 Å². The summed E-state index contributed by atoms with van der Waals surface area (Å²) in [5.41, 5.74) is 7.16. The van der Waals surface area contributed by atoms with E-state index in [0.717, 1.165) is 10.3 Å². The van der Waals surface area contributed by atoms with Crippen LogP contribution in [0.5, 0.6) is 0 Å². The van der Waals surface area contributed by atoms with Gasteiger partial charge in [-0.05, 0) is 52.1 Å². The summed E-state index contributed by atoms with van der Waals surface area (Å²) in [7, 11) is 0. The molecule has 0 atom stereocenters. The smallest absolute Gasteiger partial charge is 0.140 e. The number of nitrogens with zero attached hydrogens (tertiary/aromatic N) is 1. The Labute approximate surface area is 124 Å². The minimum Gasteiger partial charge on any atom is -0.397 e. The second-order valence-electron chi connectivity index (χ2n) is 7.35. The fourth-order valence-corrected chi connectivity index (χ4v) is 4.18. The van der Waals surface area contributed by atoms with E-state index in [1.165, 1.54) is 19.3 Å². The highest BCUT2D eigenvalue weighted by molar-refractivity contribution is 9.10. The standard InChI is InChI=1S/C15H24BrN3/c1-14(2)6-11(7-15(3,4)9-14)19-13-12(16)5-10(17)8-18-13/h5,8,11H,6-7,9,17H2,1-4H3,(H,18,19). The van der Waals surface area contributed by atoms with Crippen LogP contribution in [0.1, 0.15) is 47.0 Å². The third kappa shape index (κ3) is 3.85. The highest BCUT2D eigenvalue weighted by Gasteiger charge is 2.38. The minimum atomic E-state index is 0.375. The van der Waals surface area contributed by atoms with Crippen LogP contribution in [0.4, 0.5) is 11.5 Å². The van der Waals surface area contributed by atoms with Crippen molar-refractivity contribution in [1.29, 1.82) is 0 Å². The number of hydrogen-bond donors (Lipinski definition) is 2. The Morgan fingerprint density at radius 3 is 2.37 bits per heavy atom. The number of hydrogen-bond acceptors (Lipinski definition) is 3. The topological polar surface area (TPSA) is 50.9 Å². The Balaban J connectivity index is 2.14. The van der Waals surface area contributed by atoms with Crippen molar-refractivity contribution >= 4 is 27.4 Å². The molecule has 1 saturated carbocycles. The van der Waals surface area contributed by atoms with Crippen LogP contribution >= 0.6 is 15.9 Å². The van der Waals surface area contributed by atoms with Crippen molar-refractivity contribution in [1.82, 2.24) is 4.98 Å². The third-order valence-corrected chi connectivity index (χ3v) is 4.36. The van der Waals surface area contributed by atoms with E-state index in [2.05, 4.69) is 53.9 Å². The Hall–Kier alpha value is -0.770. The maximum atomic E-state index is 5.73.